The molecule has 0 radical (unpaired) electrons. The van der Waals surface area contributed by atoms with Crippen LogP contribution in [0.2, 0.25) is 9.36 Å². The summed E-state index contributed by atoms with van der Waals surface area (Å²) >= 11 is 13.7. The molecular weight excluding hydrogens is 223 g/mol. The summed E-state index contributed by atoms with van der Waals surface area (Å²) in [5, 5.41) is 1.99. The summed E-state index contributed by atoms with van der Waals surface area (Å²) in [6.45, 7) is 2.10. The number of rotatable bonds is 1. The molecule has 0 spiro atoms. The first-order valence-corrected chi connectivity index (χ1v) is 5.66. The van der Waals surface area contributed by atoms with Gasteiger partial charge in [-0.15, -0.1) is 11.3 Å². The Labute approximate surface area is 91.1 Å². The van der Waals surface area contributed by atoms with Gasteiger partial charge in [-0.05, 0) is 23.4 Å². The Morgan fingerprint density at radius 2 is 2.08 bits per heavy atom. The summed E-state index contributed by atoms with van der Waals surface area (Å²) in [6.07, 6.45) is 0.963. The topological polar surface area (TPSA) is 0 Å². The fraction of sp³-hybridized carbons (Fsp3) is 0.200. The van der Waals surface area contributed by atoms with Gasteiger partial charge >= 0.3 is 0 Å². The van der Waals surface area contributed by atoms with Gasteiger partial charge in [0.05, 0.1) is 14.1 Å². The molecule has 0 amide bonds. The van der Waals surface area contributed by atoms with Gasteiger partial charge in [-0.1, -0.05) is 42.3 Å². The first-order valence-electron chi connectivity index (χ1n) is 4.08. The first-order chi connectivity index (χ1) is 6.22. The van der Waals surface area contributed by atoms with E-state index in [1.165, 1.54) is 5.56 Å². The van der Waals surface area contributed by atoms with Crippen molar-refractivity contribution in [2.45, 2.75) is 13.3 Å². The molecule has 0 nitrogen and oxygen atoms in total. The molecule has 0 unspecified atom stereocenters. The van der Waals surface area contributed by atoms with Gasteiger partial charge in [0.2, 0.25) is 0 Å². The van der Waals surface area contributed by atoms with Crippen molar-refractivity contribution < 1.29 is 0 Å². The highest BCUT2D eigenvalue weighted by Gasteiger charge is 2.06. The summed E-state index contributed by atoms with van der Waals surface area (Å²) in [5.41, 5.74) is 1.19. The Morgan fingerprint density at radius 1 is 1.31 bits per heavy atom. The van der Waals surface area contributed by atoms with Crippen molar-refractivity contribution in [2.75, 3.05) is 0 Å². The van der Waals surface area contributed by atoms with E-state index in [0.29, 0.717) is 0 Å². The molecule has 1 aromatic heterocycles. The maximum absolute atomic E-state index is 6.21. The molecule has 13 heavy (non-hydrogen) atoms. The van der Waals surface area contributed by atoms with Crippen molar-refractivity contribution in [1.29, 1.82) is 0 Å². The number of aryl methyl sites for hydroxylation is 1. The van der Waals surface area contributed by atoms with E-state index in [4.69, 9.17) is 23.2 Å². The van der Waals surface area contributed by atoms with Crippen LogP contribution in [0.15, 0.2) is 18.2 Å². The maximum Gasteiger partial charge on any atom is 0.0941 e. The second-order valence-electron chi connectivity index (χ2n) is 2.86. The van der Waals surface area contributed by atoms with Gasteiger partial charge in [0.25, 0.3) is 0 Å². The highest BCUT2D eigenvalue weighted by molar-refractivity contribution is 7.23. The van der Waals surface area contributed by atoms with E-state index in [1.807, 2.05) is 6.07 Å². The van der Waals surface area contributed by atoms with E-state index in [0.717, 1.165) is 25.9 Å². The molecule has 3 heteroatoms. The molecule has 0 N–H and O–H groups in total. The molecular formula is C10H8Cl2S. The third-order valence-corrected chi connectivity index (χ3v) is 3.90. The third-order valence-electron chi connectivity index (χ3n) is 2.06. The first kappa shape index (κ1) is 9.32. The van der Waals surface area contributed by atoms with Gasteiger partial charge < -0.3 is 0 Å². The Bertz CT molecular complexity index is 445. The Hall–Kier alpha value is -0.240. The van der Waals surface area contributed by atoms with Crippen LogP contribution in [-0.4, -0.2) is 0 Å². The molecule has 0 bridgehead atoms. The van der Waals surface area contributed by atoms with Crippen LogP contribution in [0.25, 0.3) is 10.1 Å². The van der Waals surface area contributed by atoms with Crippen LogP contribution in [0, 0.1) is 0 Å². The highest BCUT2D eigenvalue weighted by atomic mass is 35.5. The second-order valence-corrected chi connectivity index (χ2v) is 4.92. The minimum absolute atomic E-state index is 0.796. The van der Waals surface area contributed by atoms with Crippen LogP contribution in [0.1, 0.15) is 12.5 Å². The van der Waals surface area contributed by atoms with Crippen molar-refractivity contribution >= 4 is 44.6 Å². The van der Waals surface area contributed by atoms with Gasteiger partial charge in [-0.3, -0.25) is 0 Å². The Balaban J connectivity index is 2.78. The lowest BCUT2D eigenvalue weighted by Gasteiger charge is -2.00. The molecule has 0 saturated carbocycles. The predicted molar refractivity (Wildman–Crippen MR) is 61.2 cm³/mol. The molecule has 0 fully saturated rings. The van der Waals surface area contributed by atoms with Crippen LogP contribution < -0.4 is 0 Å². The fourth-order valence-corrected chi connectivity index (χ4v) is 2.97. The number of fused-ring (bicyclic) bond motifs is 1. The summed E-state index contributed by atoms with van der Waals surface area (Å²) in [6, 6.07) is 6.09. The van der Waals surface area contributed by atoms with E-state index in [-0.39, 0.29) is 0 Å². The van der Waals surface area contributed by atoms with Crippen molar-refractivity contribution in [3.05, 3.63) is 33.1 Å². The van der Waals surface area contributed by atoms with Crippen molar-refractivity contribution in [1.82, 2.24) is 0 Å². The van der Waals surface area contributed by atoms with Crippen molar-refractivity contribution in [3.8, 4) is 0 Å². The van der Waals surface area contributed by atoms with E-state index < -0.39 is 0 Å². The minimum Gasteiger partial charge on any atom is -0.122 e. The number of hydrogen-bond acceptors (Lipinski definition) is 1. The SMILES string of the molecule is CCc1ccc2cc(Cl)sc2c1Cl. The standard InChI is InChI=1S/C10H8Cl2S/c1-2-6-3-4-7-5-8(11)13-10(7)9(6)12/h3-5H,2H2,1H3. The zero-order valence-electron chi connectivity index (χ0n) is 7.10. The summed E-state index contributed by atoms with van der Waals surface area (Å²) < 4.78 is 1.90. The molecule has 0 aliphatic heterocycles. The average molecular weight is 231 g/mol. The van der Waals surface area contributed by atoms with E-state index in [1.54, 1.807) is 11.3 Å². The monoisotopic (exact) mass is 230 g/mol. The van der Waals surface area contributed by atoms with Crippen LogP contribution in [-0.2, 0) is 6.42 Å². The lowest BCUT2D eigenvalue weighted by Crippen LogP contribution is -1.80. The number of hydrogen-bond donors (Lipinski definition) is 0. The number of benzene rings is 1. The summed E-state index contributed by atoms with van der Waals surface area (Å²) in [5.74, 6) is 0. The largest absolute Gasteiger partial charge is 0.122 e. The predicted octanol–water partition coefficient (Wildman–Crippen LogP) is 4.77. The van der Waals surface area contributed by atoms with Crippen LogP contribution >= 0.6 is 34.5 Å². The lowest BCUT2D eigenvalue weighted by atomic mass is 10.1. The normalized spacial score (nSPS) is 11.0. The van der Waals surface area contributed by atoms with Gasteiger partial charge in [0.1, 0.15) is 0 Å². The molecule has 0 atom stereocenters. The average Bonchev–Trinajstić information content (AvgIpc) is 2.47. The Morgan fingerprint density at radius 3 is 2.77 bits per heavy atom. The molecule has 2 aromatic rings. The maximum atomic E-state index is 6.21. The highest BCUT2D eigenvalue weighted by Crippen LogP contribution is 2.36. The lowest BCUT2D eigenvalue weighted by molar-refractivity contribution is 1.15. The number of thiophene rings is 1. The number of halogens is 2. The third kappa shape index (κ3) is 1.56. The minimum atomic E-state index is 0.796. The van der Waals surface area contributed by atoms with E-state index in [2.05, 4.69) is 19.1 Å². The molecule has 0 aliphatic carbocycles. The van der Waals surface area contributed by atoms with Gasteiger partial charge in [0.15, 0.2) is 0 Å². The molecule has 2 rings (SSSR count). The quantitative estimate of drug-likeness (QED) is 0.663. The van der Waals surface area contributed by atoms with Crippen LogP contribution in [0.5, 0.6) is 0 Å². The second kappa shape index (κ2) is 3.49. The van der Waals surface area contributed by atoms with Gasteiger partial charge in [-0.2, -0.15) is 0 Å². The molecule has 1 aromatic carbocycles. The van der Waals surface area contributed by atoms with Crippen molar-refractivity contribution in [3.63, 3.8) is 0 Å². The molecule has 68 valence electrons. The van der Waals surface area contributed by atoms with Crippen molar-refractivity contribution in [2.24, 2.45) is 0 Å². The van der Waals surface area contributed by atoms with E-state index in [9.17, 15) is 0 Å². The smallest absolute Gasteiger partial charge is 0.0941 e. The molecule has 0 saturated heterocycles. The zero-order chi connectivity index (χ0) is 9.42. The molecule has 0 aliphatic rings. The summed E-state index contributed by atoms with van der Waals surface area (Å²) in [4.78, 5) is 0. The Kier molecular flexibility index (Phi) is 2.50. The zero-order valence-corrected chi connectivity index (χ0v) is 9.43. The fourth-order valence-electron chi connectivity index (χ4n) is 1.35. The van der Waals surface area contributed by atoms with E-state index >= 15 is 0 Å². The van der Waals surface area contributed by atoms with Gasteiger partial charge in [0, 0.05) is 0 Å². The van der Waals surface area contributed by atoms with Crippen LogP contribution in [0.3, 0.4) is 0 Å². The summed E-state index contributed by atoms with van der Waals surface area (Å²) in [7, 11) is 0. The van der Waals surface area contributed by atoms with Crippen LogP contribution in [0.4, 0.5) is 0 Å². The molecule has 1 heterocycles. The van der Waals surface area contributed by atoms with Gasteiger partial charge in [-0.25, -0.2) is 0 Å².